The number of benzene rings is 1. The first-order valence-electron chi connectivity index (χ1n) is 6.85. The van der Waals surface area contributed by atoms with Crippen molar-refractivity contribution in [1.29, 1.82) is 0 Å². The van der Waals surface area contributed by atoms with Gasteiger partial charge in [-0.3, -0.25) is 4.99 Å². The van der Waals surface area contributed by atoms with Gasteiger partial charge in [-0.05, 0) is 29.4 Å². The zero-order valence-electron chi connectivity index (χ0n) is 11.7. The molecule has 0 N–H and O–H groups in total. The number of hydrogen-bond acceptors (Lipinski definition) is 2. The van der Waals surface area contributed by atoms with Crippen LogP contribution >= 0.6 is 0 Å². The highest BCUT2D eigenvalue weighted by Crippen LogP contribution is 2.12. The molecule has 0 fully saturated rings. The molecule has 1 aliphatic carbocycles. The quantitative estimate of drug-likeness (QED) is 0.585. The van der Waals surface area contributed by atoms with Crippen LogP contribution in [-0.2, 0) is 4.74 Å². The fourth-order valence-corrected chi connectivity index (χ4v) is 2.27. The van der Waals surface area contributed by atoms with E-state index < -0.39 is 0 Å². The summed E-state index contributed by atoms with van der Waals surface area (Å²) in [6, 6.07) is 8.56. The van der Waals surface area contributed by atoms with E-state index in [1.165, 1.54) is 16.0 Å². The average Bonchev–Trinajstić information content (AvgIpc) is 2.62. The van der Waals surface area contributed by atoms with Gasteiger partial charge < -0.3 is 4.74 Å². The molecule has 0 radical (unpaired) electrons. The molecular weight excluding hydrogens is 234 g/mol. The SMILES string of the molecule is CCC1=c2ccccc2=CC(/N=C/CCOC)=CC1. The highest BCUT2D eigenvalue weighted by molar-refractivity contribution is 5.64. The minimum atomic E-state index is 0.722. The highest BCUT2D eigenvalue weighted by Gasteiger charge is 2.01. The molecule has 1 aromatic carbocycles. The molecular formula is C17H21NO. The second-order valence-corrected chi connectivity index (χ2v) is 4.61. The molecule has 0 heterocycles. The lowest BCUT2D eigenvalue weighted by Crippen LogP contribution is -2.25. The van der Waals surface area contributed by atoms with E-state index in [0.29, 0.717) is 0 Å². The molecule has 2 heteroatoms. The van der Waals surface area contributed by atoms with Crippen molar-refractivity contribution in [2.75, 3.05) is 13.7 Å². The fourth-order valence-electron chi connectivity index (χ4n) is 2.27. The van der Waals surface area contributed by atoms with Gasteiger partial charge in [-0.1, -0.05) is 42.8 Å². The van der Waals surface area contributed by atoms with Crippen LogP contribution < -0.4 is 10.4 Å². The van der Waals surface area contributed by atoms with Crippen molar-refractivity contribution >= 4 is 17.9 Å². The molecule has 0 bridgehead atoms. The van der Waals surface area contributed by atoms with Gasteiger partial charge in [-0.2, -0.15) is 0 Å². The van der Waals surface area contributed by atoms with Gasteiger partial charge in [0.1, 0.15) is 0 Å². The standard InChI is InChI=1S/C17H21NO/c1-3-14-9-10-16(18-11-6-12-19-2)13-15-7-4-5-8-17(14)15/h4-5,7-8,10-11,13H,3,6,9,12H2,1-2H3/b18-11+. The lowest BCUT2D eigenvalue weighted by atomic mass is 10.1. The lowest BCUT2D eigenvalue weighted by Gasteiger charge is -1.99. The number of fused-ring (bicyclic) bond motifs is 1. The molecule has 1 aromatic rings. The normalized spacial score (nSPS) is 14.8. The topological polar surface area (TPSA) is 21.6 Å². The van der Waals surface area contributed by atoms with E-state index in [1.807, 2.05) is 6.21 Å². The Balaban J connectivity index is 2.31. The van der Waals surface area contributed by atoms with E-state index in [9.17, 15) is 0 Å². The van der Waals surface area contributed by atoms with Gasteiger partial charge in [0, 0.05) is 19.7 Å². The molecule has 0 aromatic heterocycles. The van der Waals surface area contributed by atoms with Crippen molar-refractivity contribution in [2.45, 2.75) is 26.2 Å². The van der Waals surface area contributed by atoms with Crippen LogP contribution in [0.3, 0.4) is 0 Å². The largest absolute Gasteiger partial charge is 0.384 e. The van der Waals surface area contributed by atoms with E-state index >= 15 is 0 Å². The Morgan fingerprint density at radius 2 is 2.16 bits per heavy atom. The van der Waals surface area contributed by atoms with Crippen molar-refractivity contribution in [3.63, 3.8) is 0 Å². The van der Waals surface area contributed by atoms with Crippen LogP contribution in [0.1, 0.15) is 26.2 Å². The summed E-state index contributed by atoms with van der Waals surface area (Å²) < 4.78 is 5.02. The van der Waals surface area contributed by atoms with E-state index in [1.54, 1.807) is 7.11 Å². The van der Waals surface area contributed by atoms with Crippen LogP contribution in [0, 0.1) is 0 Å². The summed E-state index contributed by atoms with van der Waals surface area (Å²) in [6.07, 6.45) is 9.24. The Bertz CT molecular complexity index is 596. The van der Waals surface area contributed by atoms with Crippen molar-refractivity contribution < 1.29 is 4.74 Å². The predicted molar refractivity (Wildman–Crippen MR) is 81.5 cm³/mol. The van der Waals surface area contributed by atoms with Crippen LogP contribution in [0.15, 0.2) is 41.0 Å². The van der Waals surface area contributed by atoms with Gasteiger partial charge in [-0.15, -0.1) is 0 Å². The molecule has 0 aliphatic heterocycles. The summed E-state index contributed by atoms with van der Waals surface area (Å²) >= 11 is 0. The Morgan fingerprint density at radius 3 is 2.95 bits per heavy atom. The van der Waals surface area contributed by atoms with Crippen LogP contribution in [0.25, 0.3) is 11.6 Å². The number of ether oxygens (including phenoxy) is 1. The van der Waals surface area contributed by atoms with Gasteiger partial charge in [0.15, 0.2) is 0 Å². The monoisotopic (exact) mass is 255 g/mol. The van der Waals surface area contributed by atoms with Gasteiger partial charge in [0.2, 0.25) is 0 Å². The summed E-state index contributed by atoms with van der Waals surface area (Å²) in [7, 11) is 1.71. The maximum Gasteiger partial charge on any atom is 0.0595 e. The molecule has 2 rings (SSSR count). The average molecular weight is 255 g/mol. The molecule has 0 spiro atoms. The van der Waals surface area contributed by atoms with Crippen LogP contribution in [0.2, 0.25) is 0 Å². The van der Waals surface area contributed by atoms with E-state index in [4.69, 9.17) is 4.74 Å². The Morgan fingerprint density at radius 1 is 1.32 bits per heavy atom. The first kappa shape index (κ1) is 13.8. The maximum atomic E-state index is 5.02. The molecule has 0 atom stereocenters. The number of nitrogens with zero attached hydrogens (tertiary/aromatic N) is 1. The van der Waals surface area contributed by atoms with Crippen LogP contribution in [-0.4, -0.2) is 19.9 Å². The lowest BCUT2D eigenvalue weighted by molar-refractivity contribution is 0.208. The Hall–Kier alpha value is -1.67. The Labute approximate surface area is 114 Å². The zero-order valence-corrected chi connectivity index (χ0v) is 11.7. The third-order valence-electron chi connectivity index (χ3n) is 3.32. The van der Waals surface area contributed by atoms with Crippen LogP contribution in [0.5, 0.6) is 0 Å². The Kier molecular flexibility index (Phi) is 5.10. The molecule has 0 saturated carbocycles. The third kappa shape index (κ3) is 3.65. The van der Waals surface area contributed by atoms with Crippen LogP contribution in [0.4, 0.5) is 0 Å². The minimum absolute atomic E-state index is 0.722. The fraction of sp³-hybridized carbons (Fsp3) is 0.353. The van der Waals surface area contributed by atoms with Gasteiger partial charge in [0.05, 0.1) is 12.3 Å². The summed E-state index contributed by atoms with van der Waals surface area (Å²) in [5.74, 6) is 0. The highest BCUT2D eigenvalue weighted by atomic mass is 16.5. The van der Waals surface area contributed by atoms with Gasteiger partial charge >= 0.3 is 0 Å². The van der Waals surface area contributed by atoms with Crippen molar-refractivity contribution in [1.82, 2.24) is 0 Å². The first-order valence-corrected chi connectivity index (χ1v) is 6.85. The van der Waals surface area contributed by atoms with Crippen molar-refractivity contribution in [2.24, 2.45) is 4.99 Å². The van der Waals surface area contributed by atoms with Gasteiger partial charge in [0.25, 0.3) is 0 Å². The summed E-state index contributed by atoms with van der Waals surface area (Å²) in [5, 5.41) is 2.63. The summed E-state index contributed by atoms with van der Waals surface area (Å²) in [4.78, 5) is 4.54. The number of allylic oxidation sites excluding steroid dienone is 2. The number of rotatable bonds is 5. The summed E-state index contributed by atoms with van der Waals surface area (Å²) in [5.41, 5.74) is 2.53. The molecule has 19 heavy (non-hydrogen) atoms. The molecule has 100 valence electrons. The zero-order chi connectivity index (χ0) is 13.5. The second-order valence-electron chi connectivity index (χ2n) is 4.61. The molecule has 2 nitrogen and oxygen atoms in total. The molecule has 0 unspecified atom stereocenters. The third-order valence-corrected chi connectivity index (χ3v) is 3.32. The molecule has 1 aliphatic rings. The number of aliphatic imine (C=N–C) groups is 1. The first-order chi connectivity index (χ1) is 9.35. The van der Waals surface area contributed by atoms with Gasteiger partial charge in [-0.25, -0.2) is 0 Å². The van der Waals surface area contributed by atoms with Crippen molar-refractivity contribution in [3.8, 4) is 0 Å². The predicted octanol–water partition coefficient (Wildman–Crippen LogP) is 2.42. The second kappa shape index (κ2) is 7.05. The van der Waals surface area contributed by atoms with E-state index in [2.05, 4.69) is 48.3 Å². The van der Waals surface area contributed by atoms with E-state index in [0.717, 1.165) is 31.6 Å². The van der Waals surface area contributed by atoms with E-state index in [-0.39, 0.29) is 0 Å². The van der Waals surface area contributed by atoms with Crippen molar-refractivity contribution in [3.05, 3.63) is 46.5 Å². The smallest absolute Gasteiger partial charge is 0.0595 e. The minimum Gasteiger partial charge on any atom is -0.384 e. The number of methoxy groups -OCH3 is 1. The molecule has 0 amide bonds. The summed E-state index contributed by atoms with van der Waals surface area (Å²) in [6.45, 7) is 2.94. The molecule has 0 saturated heterocycles. The number of hydrogen-bond donors (Lipinski definition) is 0. The maximum absolute atomic E-state index is 5.02.